The second-order valence-electron chi connectivity index (χ2n) is 4.49. The molecule has 0 aromatic heterocycles. The fourth-order valence-corrected chi connectivity index (χ4v) is 1.75. The van der Waals surface area contributed by atoms with Gasteiger partial charge in [0, 0.05) is 13.1 Å². The van der Waals surface area contributed by atoms with Crippen LogP contribution in [0.5, 0.6) is 0 Å². The second-order valence-corrected chi connectivity index (χ2v) is 4.49. The lowest BCUT2D eigenvalue weighted by molar-refractivity contribution is 0.118. The Morgan fingerprint density at radius 3 is 2.77 bits per heavy atom. The maximum atomic E-state index is 5.63. The summed E-state index contributed by atoms with van der Waals surface area (Å²) in [7, 11) is 0. The summed E-state index contributed by atoms with van der Waals surface area (Å²) < 4.78 is 5.63. The maximum absolute atomic E-state index is 5.63. The molecule has 74 valence electrons. The van der Waals surface area contributed by atoms with Crippen molar-refractivity contribution in [1.29, 1.82) is 0 Å². The lowest BCUT2D eigenvalue weighted by Gasteiger charge is -2.20. The van der Waals surface area contributed by atoms with Crippen LogP contribution in [-0.2, 0) is 4.74 Å². The van der Waals surface area contributed by atoms with E-state index in [1.54, 1.807) is 0 Å². The summed E-state index contributed by atoms with van der Waals surface area (Å²) in [4.78, 5) is 2.27. The van der Waals surface area contributed by atoms with Crippen LogP contribution in [0.4, 0.5) is 0 Å². The van der Waals surface area contributed by atoms with Gasteiger partial charge in [-0.05, 0) is 37.7 Å². The largest absolute Gasteiger partial charge is 0.479 e. The van der Waals surface area contributed by atoms with E-state index in [0.29, 0.717) is 0 Å². The molecule has 1 heterocycles. The fourth-order valence-electron chi connectivity index (χ4n) is 1.75. The van der Waals surface area contributed by atoms with E-state index in [1.807, 2.05) is 0 Å². The average Bonchev–Trinajstić information content (AvgIpc) is 2.84. The molecule has 13 heavy (non-hydrogen) atoms. The number of likely N-dealkylation sites (tertiary alicyclic amines) is 1. The number of rotatable bonds is 4. The number of hydrogen-bond donors (Lipinski definition) is 0. The minimum atomic E-state index is 0.807. The molecule has 2 rings (SSSR count). The van der Waals surface area contributed by atoms with Crippen molar-refractivity contribution in [2.45, 2.75) is 26.2 Å². The number of nitrogens with zero attached hydrogens (tertiary/aromatic N) is 1. The van der Waals surface area contributed by atoms with Crippen molar-refractivity contribution in [3.05, 3.63) is 12.5 Å². The summed E-state index contributed by atoms with van der Waals surface area (Å²) in [6.45, 7) is 9.41. The summed E-state index contributed by atoms with van der Waals surface area (Å²) in [5.41, 5.74) is 0. The van der Waals surface area contributed by atoms with Crippen molar-refractivity contribution in [3.8, 4) is 0 Å². The quantitative estimate of drug-likeness (QED) is 0.617. The highest BCUT2D eigenvalue weighted by Gasteiger charge is 2.24. The third-order valence-electron chi connectivity index (χ3n) is 2.96. The van der Waals surface area contributed by atoms with Gasteiger partial charge < -0.3 is 9.64 Å². The molecular weight excluding hydrogens is 162 g/mol. The molecule has 1 unspecified atom stereocenters. The van der Waals surface area contributed by atoms with Crippen LogP contribution in [0.3, 0.4) is 0 Å². The zero-order valence-corrected chi connectivity index (χ0v) is 8.46. The Balaban J connectivity index is 1.69. The fraction of sp³-hybridized carbons (Fsp3) is 0.818. The molecule has 0 amide bonds. The number of ether oxygens (including phenoxy) is 1. The second kappa shape index (κ2) is 3.60. The van der Waals surface area contributed by atoms with Gasteiger partial charge in [-0.3, -0.25) is 0 Å². The highest BCUT2D eigenvalue weighted by Crippen LogP contribution is 2.30. The van der Waals surface area contributed by atoms with E-state index >= 15 is 0 Å². The van der Waals surface area contributed by atoms with E-state index in [0.717, 1.165) is 37.4 Å². The molecule has 1 saturated carbocycles. The molecule has 0 radical (unpaired) electrons. The molecule has 1 saturated heterocycles. The third kappa shape index (κ3) is 2.39. The SMILES string of the molecule is C=C(OCC1CC1)N1CCC(C)C1. The molecule has 2 heteroatoms. The lowest BCUT2D eigenvalue weighted by Crippen LogP contribution is -2.21. The Hall–Kier alpha value is -0.660. The first-order valence-corrected chi connectivity index (χ1v) is 5.32. The van der Waals surface area contributed by atoms with Crippen LogP contribution in [0.2, 0.25) is 0 Å². The van der Waals surface area contributed by atoms with Crippen LogP contribution in [0.1, 0.15) is 26.2 Å². The Morgan fingerprint density at radius 1 is 1.46 bits per heavy atom. The minimum Gasteiger partial charge on any atom is -0.479 e. The van der Waals surface area contributed by atoms with Crippen LogP contribution >= 0.6 is 0 Å². The summed E-state index contributed by atoms with van der Waals surface area (Å²) >= 11 is 0. The highest BCUT2D eigenvalue weighted by atomic mass is 16.5. The van der Waals surface area contributed by atoms with E-state index in [1.165, 1.54) is 19.3 Å². The van der Waals surface area contributed by atoms with E-state index in [-0.39, 0.29) is 0 Å². The van der Waals surface area contributed by atoms with Crippen molar-refractivity contribution in [2.24, 2.45) is 11.8 Å². The molecule has 0 bridgehead atoms. The molecule has 2 aliphatic rings. The van der Waals surface area contributed by atoms with Gasteiger partial charge in [0.15, 0.2) is 5.88 Å². The van der Waals surface area contributed by atoms with Gasteiger partial charge >= 0.3 is 0 Å². The first kappa shape index (κ1) is 8.92. The van der Waals surface area contributed by atoms with Crippen LogP contribution in [0.15, 0.2) is 12.5 Å². The molecule has 1 atom stereocenters. The monoisotopic (exact) mass is 181 g/mol. The average molecular weight is 181 g/mol. The summed E-state index contributed by atoms with van der Waals surface area (Å²) in [5, 5.41) is 0. The van der Waals surface area contributed by atoms with Crippen molar-refractivity contribution in [2.75, 3.05) is 19.7 Å². The van der Waals surface area contributed by atoms with Gasteiger partial charge in [-0.2, -0.15) is 0 Å². The topological polar surface area (TPSA) is 12.5 Å². The first-order valence-electron chi connectivity index (χ1n) is 5.32. The molecule has 0 spiro atoms. The van der Waals surface area contributed by atoms with Gasteiger partial charge in [0.05, 0.1) is 6.61 Å². The van der Waals surface area contributed by atoms with Crippen LogP contribution in [-0.4, -0.2) is 24.6 Å². The molecule has 0 N–H and O–H groups in total. The van der Waals surface area contributed by atoms with E-state index in [9.17, 15) is 0 Å². The Labute approximate surface area is 80.6 Å². The predicted molar refractivity (Wildman–Crippen MR) is 53.2 cm³/mol. The van der Waals surface area contributed by atoms with E-state index in [2.05, 4.69) is 18.4 Å². The van der Waals surface area contributed by atoms with E-state index in [4.69, 9.17) is 4.74 Å². The molecule has 2 fully saturated rings. The highest BCUT2D eigenvalue weighted by molar-refractivity contribution is 4.89. The lowest BCUT2D eigenvalue weighted by atomic mass is 10.2. The normalized spacial score (nSPS) is 27.8. The summed E-state index contributed by atoms with van der Waals surface area (Å²) in [6.07, 6.45) is 3.99. The van der Waals surface area contributed by atoms with Gasteiger partial charge in [0.25, 0.3) is 0 Å². The predicted octanol–water partition coefficient (Wildman–Crippen LogP) is 2.23. The zero-order valence-electron chi connectivity index (χ0n) is 8.46. The van der Waals surface area contributed by atoms with Crippen LogP contribution in [0, 0.1) is 11.8 Å². The van der Waals surface area contributed by atoms with Gasteiger partial charge in [0.1, 0.15) is 0 Å². The molecule has 1 aliphatic carbocycles. The Morgan fingerprint density at radius 2 is 2.23 bits per heavy atom. The van der Waals surface area contributed by atoms with E-state index < -0.39 is 0 Å². The summed E-state index contributed by atoms with van der Waals surface area (Å²) in [5.74, 6) is 2.54. The molecule has 2 nitrogen and oxygen atoms in total. The van der Waals surface area contributed by atoms with Crippen LogP contribution in [0.25, 0.3) is 0 Å². The van der Waals surface area contributed by atoms with Gasteiger partial charge in [-0.1, -0.05) is 6.92 Å². The zero-order chi connectivity index (χ0) is 9.26. The van der Waals surface area contributed by atoms with Crippen molar-refractivity contribution in [3.63, 3.8) is 0 Å². The first-order chi connectivity index (χ1) is 6.25. The van der Waals surface area contributed by atoms with Crippen molar-refractivity contribution < 1.29 is 4.74 Å². The standard InChI is InChI=1S/C11H19NO/c1-9-5-6-12(7-9)10(2)13-8-11-3-4-11/h9,11H,2-8H2,1H3. The van der Waals surface area contributed by atoms with Gasteiger partial charge in [-0.25, -0.2) is 0 Å². The maximum Gasteiger partial charge on any atom is 0.181 e. The van der Waals surface area contributed by atoms with Crippen LogP contribution < -0.4 is 0 Å². The van der Waals surface area contributed by atoms with Gasteiger partial charge in [-0.15, -0.1) is 0 Å². The Kier molecular flexibility index (Phi) is 2.47. The number of hydrogen-bond acceptors (Lipinski definition) is 2. The molecule has 0 aromatic carbocycles. The molecule has 0 aromatic rings. The molecular formula is C11H19NO. The Bertz CT molecular complexity index is 198. The smallest absolute Gasteiger partial charge is 0.181 e. The molecule has 1 aliphatic heterocycles. The summed E-state index contributed by atoms with van der Waals surface area (Å²) in [6, 6.07) is 0. The third-order valence-corrected chi connectivity index (χ3v) is 2.96. The van der Waals surface area contributed by atoms with Crippen molar-refractivity contribution >= 4 is 0 Å². The van der Waals surface area contributed by atoms with Crippen molar-refractivity contribution in [1.82, 2.24) is 4.90 Å². The minimum absolute atomic E-state index is 0.807. The van der Waals surface area contributed by atoms with Gasteiger partial charge in [0.2, 0.25) is 0 Å².